The summed E-state index contributed by atoms with van der Waals surface area (Å²) in [5, 5.41) is 0.218. The van der Waals surface area contributed by atoms with E-state index in [1.54, 1.807) is 0 Å². The highest BCUT2D eigenvalue weighted by molar-refractivity contribution is 8.26. The lowest BCUT2D eigenvalue weighted by Gasteiger charge is -1.95. The Bertz CT molecular complexity index is 322. The molecule has 0 aliphatic carbocycles. The van der Waals surface area contributed by atoms with Gasteiger partial charge in [-0.15, -0.1) is 0 Å². The highest BCUT2D eigenvalue weighted by atomic mass is 32.2. The van der Waals surface area contributed by atoms with Gasteiger partial charge in [-0.1, -0.05) is 18.2 Å². The second kappa shape index (κ2) is 4.67. The fourth-order valence-electron chi connectivity index (χ4n) is 0.800. The van der Waals surface area contributed by atoms with Gasteiger partial charge in [-0.25, -0.2) is 4.99 Å². The molecule has 0 aliphatic heterocycles. The minimum atomic E-state index is -0.0582. The smallest absolute Gasteiger partial charge is 0.193 e. The van der Waals surface area contributed by atoms with Crippen LogP contribution in [0.2, 0.25) is 0 Å². The van der Waals surface area contributed by atoms with Crippen LogP contribution in [0.3, 0.4) is 0 Å². The Hall–Kier alpha value is -1.29. The second-order valence-corrected chi connectivity index (χ2v) is 3.58. The number of nitrogens with zero attached hydrogens (tertiary/aromatic N) is 1. The van der Waals surface area contributed by atoms with Crippen molar-refractivity contribution in [3.63, 3.8) is 0 Å². The number of rotatable bonds is 1. The van der Waals surface area contributed by atoms with Crippen LogP contribution in [0.5, 0.6) is 0 Å². The summed E-state index contributed by atoms with van der Waals surface area (Å²) in [5.41, 5.74) is 6.26. The molecule has 0 unspecified atom stereocenters. The van der Waals surface area contributed by atoms with Crippen LogP contribution in [0, 0.1) is 0 Å². The molecule has 0 bridgehead atoms. The highest BCUT2D eigenvalue weighted by Crippen LogP contribution is 2.12. The third-order valence-corrected chi connectivity index (χ3v) is 1.83. The summed E-state index contributed by atoms with van der Waals surface area (Å²) in [6, 6.07) is 9.28. The number of carbonyl (C=O) groups excluding carboxylic acids is 1. The fourth-order valence-corrected chi connectivity index (χ4v) is 1.25. The van der Waals surface area contributed by atoms with Gasteiger partial charge in [0.1, 0.15) is 0 Å². The van der Waals surface area contributed by atoms with E-state index in [2.05, 4.69) is 4.99 Å². The molecule has 0 saturated heterocycles. The van der Waals surface area contributed by atoms with Crippen molar-refractivity contribution in [2.24, 2.45) is 10.7 Å². The average Bonchev–Trinajstić information content (AvgIpc) is 2.04. The van der Waals surface area contributed by atoms with Crippen LogP contribution < -0.4 is 5.73 Å². The fraction of sp³-hybridized carbons (Fsp3) is 0.111. The topological polar surface area (TPSA) is 55.5 Å². The molecule has 13 heavy (non-hydrogen) atoms. The van der Waals surface area contributed by atoms with Gasteiger partial charge in [-0.05, 0) is 23.9 Å². The van der Waals surface area contributed by atoms with Crippen LogP contribution in [0.25, 0.3) is 0 Å². The monoisotopic (exact) mass is 194 g/mol. The molecule has 0 spiro atoms. The number of carbonyl (C=O) groups is 1. The number of hydrogen-bond acceptors (Lipinski definition) is 3. The first-order chi connectivity index (χ1) is 6.18. The molecule has 0 amide bonds. The number of hydrogen-bond donors (Lipinski definition) is 1. The van der Waals surface area contributed by atoms with Crippen LogP contribution >= 0.6 is 11.8 Å². The maximum Gasteiger partial charge on any atom is 0.193 e. The molecule has 0 aromatic heterocycles. The van der Waals surface area contributed by atoms with E-state index in [1.165, 1.54) is 6.92 Å². The Morgan fingerprint density at radius 1 is 1.38 bits per heavy atom. The van der Waals surface area contributed by atoms with E-state index in [0.29, 0.717) is 0 Å². The number of para-hydroxylation sites is 1. The van der Waals surface area contributed by atoms with Crippen molar-refractivity contribution >= 4 is 27.7 Å². The van der Waals surface area contributed by atoms with Gasteiger partial charge in [0, 0.05) is 6.92 Å². The van der Waals surface area contributed by atoms with Crippen molar-refractivity contribution in [2.75, 3.05) is 0 Å². The zero-order valence-corrected chi connectivity index (χ0v) is 8.04. The number of benzene rings is 1. The van der Waals surface area contributed by atoms with Crippen molar-refractivity contribution in [1.29, 1.82) is 0 Å². The van der Waals surface area contributed by atoms with Gasteiger partial charge in [0.25, 0.3) is 0 Å². The van der Waals surface area contributed by atoms with Gasteiger partial charge in [-0.2, -0.15) is 0 Å². The molecule has 0 heterocycles. The number of thioether (sulfide) groups is 1. The number of amidine groups is 1. The van der Waals surface area contributed by atoms with E-state index in [1.807, 2.05) is 30.3 Å². The Morgan fingerprint density at radius 3 is 2.54 bits per heavy atom. The molecule has 0 fully saturated rings. The molecule has 68 valence electrons. The zero-order valence-electron chi connectivity index (χ0n) is 7.23. The van der Waals surface area contributed by atoms with Gasteiger partial charge in [-0.3, -0.25) is 4.79 Å². The van der Waals surface area contributed by atoms with Gasteiger partial charge in [0.05, 0.1) is 5.69 Å². The van der Waals surface area contributed by atoms with Crippen LogP contribution in [0.1, 0.15) is 6.92 Å². The van der Waals surface area contributed by atoms with Crippen molar-refractivity contribution in [1.82, 2.24) is 0 Å². The quantitative estimate of drug-likeness (QED) is 0.549. The molecular weight excluding hydrogens is 184 g/mol. The Morgan fingerprint density at radius 2 is 2.00 bits per heavy atom. The predicted octanol–water partition coefficient (Wildman–Crippen LogP) is 1.91. The minimum Gasteiger partial charge on any atom is -0.378 e. The molecular formula is C9H10N2OS. The van der Waals surface area contributed by atoms with Crippen molar-refractivity contribution < 1.29 is 4.79 Å². The largest absolute Gasteiger partial charge is 0.378 e. The molecule has 4 heteroatoms. The molecule has 0 atom stereocenters. The first-order valence-electron chi connectivity index (χ1n) is 3.76. The summed E-state index contributed by atoms with van der Waals surface area (Å²) < 4.78 is 0. The maximum absolute atomic E-state index is 10.6. The van der Waals surface area contributed by atoms with E-state index in [-0.39, 0.29) is 10.3 Å². The Balaban J connectivity index is 2.71. The first kappa shape index (κ1) is 9.80. The number of nitrogens with two attached hydrogens (primary N) is 1. The van der Waals surface area contributed by atoms with Crippen molar-refractivity contribution in [3.8, 4) is 0 Å². The van der Waals surface area contributed by atoms with Crippen molar-refractivity contribution in [3.05, 3.63) is 30.3 Å². The summed E-state index contributed by atoms with van der Waals surface area (Å²) in [6.07, 6.45) is 0. The van der Waals surface area contributed by atoms with E-state index in [4.69, 9.17) is 5.73 Å². The molecule has 1 rings (SSSR count). The third-order valence-electron chi connectivity index (χ3n) is 1.24. The van der Waals surface area contributed by atoms with E-state index < -0.39 is 0 Å². The SMILES string of the molecule is CC(=O)SC(N)=Nc1ccccc1. The predicted molar refractivity (Wildman–Crippen MR) is 56.0 cm³/mol. The molecule has 0 aliphatic rings. The second-order valence-electron chi connectivity index (χ2n) is 2.38. The Kier molecular flexibility index (Phi) is 3.52. The van der Waals surface area contributed by atoms with Crippen LogP contribution in [-0.4, -0.2) is 10.3 Å². The molecule has 3 nitrogen and oxygen atoms in total. The molecule has 1 aromatic carbocycles. The summed E-state index contributed by atoms with van der Waals surface area (Å²) in [5.74, 6) is 0. The minimum absolute atomic E-state index is 0.0582. The lowest BCUT2D eigenvalue weighted by atomic mass is 10.3. The van der Waals surface area contributed by atoms with Crippen LogP contribution in [0.4, 0.5) is 5.69 Å². The van der Waals surface area contributed by atoms with Gasteiger partial charge < -0.3 is 5.73 Å². The highest BCUT2D eigenvalue weighted by Gasteiger charge is 1.98. The molecule has 2 N–H and O–H groups in total. The van der Waals surface area contributed by atoms with E-state index in [9.17, 15) is 4.79 Å². The summed E-state index contributed by atoms with van der Waals surface area (Å²) >= 11 is 0.938. The zero-order chi connectivity index (χ0) is 9.68. The first-order valence-corrected chi connectivity index (χ1v) is 4.58. The maximum atomic E-state index is 10.6. The van der Waals surface area contributed by atoms with Gasteiger partial charge in [0.15, 0.2) is 10.3 Å². The summed E-state index contributed by atoms with van der Waals surface area (Å²) in [6.45, 7) is 1.46. The van der Waals surface area contributed by atoms with Crippen LogP contribution in [0.15, 0.2) is 35.3 Å². The van der Waals surface area contributed by atoms with Crippen LogP contribution in [-0.2, 0) is 4.79 Å². The standard InChI is InChI=1S/C9H10N2OS/c1-7(12)13-9(10)11-8-5-3-2-4-6-8/h2-6H,1H3,(H2,10,11). The van der Waals surface area contributed by atoms with E-state index in [0.717, 1.165) is 17.4 Å². The average molecular weight is 194 g/mol. The van der Waals surface area contributed by atoms with Crippen molar-refractivity contribution in [2.45, 2.75) is 6.92 Å². The Labute approximate surface area is 81.0 Å². The number of aliphatic imine (C=N–C) groups is 1. The van der Waals surface area contributed by atoms with Gasteiger partial charge >= 0.3 is 0 Å². The summed E-state index contributed by atoms with van der Waals surface area (Å²) in [4.78, 5) is 14.7. The van der Waals surface area contributed by atoms with E-state index >= 15 is 0 Å². The normalized spacial score (nSPS) is 11.3. The third kappa shape index (κ3) is 3.75. The summed E-state index contributed by atoms with van der Waals surface area (Å²) in [7, 11) is 0. The lowest BCUT2D eigenvalue weighted by molar-refractivity contribution is -0.109. The molecule has 0 radical (unpaired) electrons. The molecule has 1 aromatic rings. The van der Waals surface area contributed by atoms with Gasteiger partial charge in [0.2, 0.25) is 0 Å². The molecule has 0 saturated carbocycles. The lowest BCUT2D eigenvalue weighted by Crippen LogP contribution is -2.07.